The van der Waals surface area contributed by atoms with Crippen LogP contribution in [0, 0.1) is 6.92 Å². The summed E-state index contributed by atoms with van der Waals surface area (Å²) in [7, 11) is -2.66. The van der Waals surface area contributed by atoms with E-state index in [1.165, 1.54) is 32.4 Å². The standard InChI is InChI=1S/C25H25N3O6S/c1-18-9-14-24(33-3)23(15-18)28(35(31,32)22-7-5-4-6-8-22)17-25(30)27-26-16-20-10-12-21(13-11-20)34-19(2)29/h4-16H,17H2,1-3H3,(H,27,30)/b26-16-. The van der Waals surface area contributed by atoms with Crippen molar-refractivity contribution in [3.05, 3.63) is 83.9 Å². The molecule has 0 heterocycles. The van der Waals surface area contributed by atoms with Crippen LogP contribution in [-0.4, -0.2) is 40.2 Å². The summed E-state index contributed by atoms with van der Waals surface area (Å²) < 4.78 is 38.3. The van der Waals surface area contributed by atoms with E-state index in [1.54, 1.807) is 60.7 Å². The summed E-state index contributed by atoms with van der Waals surface area (Å²) in [6.07, 6.45) is 1.39. The van der Waals surface area contributed by atoms with Crippen LogP contribution in [-0.2, 0) is 19.6 Å². The first-order valence-corrected chi connectivity index (χ1v) is 12.0. The highest BCUT2D eigenvalue weighted by Crippen LogP contribution is 2.33. The highest BCUT2D eigenvalue weighted by atomic mass is 32.2. The Hall–Kier alpha value is -4.18. The second-order valence-corrected chi connectivity index (χ2v) is 9.32. The van der Waals surface area contributed by atoms with E-state index < -0.39 is 28.4 Å². The number of amides is 1. The molecule has 0 aromatic heterocycles. The van der Waals surface area contributed by atoms with Gasteiger partial charge in [-0.05, 0) is 66.6 Å². The fourth-order valence-corrected chi connectivity index (χ4v) is 4.59. The van der Waals surface area contributed by atoms with Gasteiger partial charge in [-0.15, -0.1) is 0 Å². The van der Waals surface area contributed by atoms with E-state index in [1.807, 2.05) is 6.92 Å². The summed E-state index contributed by atoms with van der Waals surface area (Å²) in [4.78, 5) is 23.8. The van der Waals surface area contributed by atoms with Crippen LogP contribution in [0.1, 0.15) is 18.1 Å². The fourth-order valence-electron chi connectivity index (χ4n) is 3.15. The van der Waals surface area contributed by atoms with Gasteiger partial charge >= 0.3 is 5.97 Å². The Labute approximate surface area is 204 Å². The van der Waals surface area contributed by atoms with Crippen LogP contribution in [0.25, 0.3) is 0 Å². The van der Waals surface area contributed by atoms with Crippen molar-refractivity contribution in [3.63, 3.8) is 0 Å². The minimum Gasteiger partial charge on any atom is -0.495 e. The van der Waals surface area contributed by atoms with Gasteiger partial charge in [-0.1, -0.05) is 24.3 Å². The molecule has 182 valence electrons. The molecule has 0 spiro atoms. The number of rotatable bonds is 9. The lowest BCUT2D eigenvalue weighted by atomic mass is 10.2. The first-order chi connectivity index (χ1) is 16.7. The van der Waals surface area contributed by atoms with E-state index in [9.17, 15) is 18.0 Å². The van der Waals surface area contributed by atoms with Crippen LogP contribution in [0.4, 0.5) is 5.69 Å². The molecule has 0 aliphatic carbocycles. The van der Waals surface area contributed by atoms with Gasteiger partial charge < -0.3 is 9.47 Å². The largest absolute Gasteiger partial charge is 0.495 e. The molecular weight excluding hydrogens is 470 g/mol. The van der Waals surface area contributed by atoms with Crippen LogP contribution in [0.15, 0.2) is 82.8 Å². The average Bonchev–Trinajstić information content (AvgIpc) is 2.84. The molecule has 0 aliphatic rings. The summed E-state index contributed by atoms with van der Waals surface area (Å²) in [6.45, 7) is 2.59. The Kier molecular flexibility index (Phi) is 8.21. The molecule has 10 heteroatoms. The zero-order chi connectivity index (χ0) is 25.4. The van der Waals surface area contributed by atoms with Gasteiger partial charge in [-0.25, -0.2) is 13.8 Å². The molecule has 0 fully saturated rings. The molecule has 1 N–H and O–H groups in total. The summed E-state index contributed by atoms with van der Waals surface area (Å²) in [5.74, 6) is -0.397. The third-order valence-electron chi connectivity index (χ3n) is 4.77. The van der Waals surface area contributed by atoms with Crippen molar-refractivity contribution < 1.29 is 27.5 Å². The topological polar surface area (TPSA) is 114 Å². The summed E-state index contributed by atoms with van der Waals surface area (Å²) in [6, 6.07) is 19.4. The number of sulfonamides is 1. The number of aryl methyl sites for hydroxylation is 1. The highest BCUT2D eigenvalue weighted by molar-refractivity contribution is 7.92. The fraction of sp³-hybridized carbons (Fsp3) is 0.160. The van der Waals surface area contributed by atoms with Gasteiger partial charge in [0.15, 0.2) is 0 Å². The number of anilines is 1. The number of ether oxygens (including phenoxy) is 2. The second-order valence-electron chi connectivity index (χ2n) is 7.46. The monoisotopic (exact) mass is 495 g/mol. The number of carbonyl (C=O) groups excluding carboxylic acids is 2. The van der Waals surface area contributed by atoms with Crippen molar-refractivity contribution in [2.75, 3.05) is 18.0 Å². The predicted molar refractivity (Wildman–Crippen MR) is 132 cm³/mol. The van der Waals surface area contributed by atoms with Gasteiger partial charge in [0.2, 0.25) is 0 Å². The van der Waals surface area contributed by atoms with Crippen molar-refractivity contribution in [1.29, 1.82) is 0 Å². The van der Waals surface area contributed by atoms with E-state index >= 15 is 0 Å². The first kappa shape index (κ1) is 25.4. The molecule has 3 aromatic rings. The zero-order valence-electron chi connectivity index (χ0n) is 19.5. The minimum atomic E-state index is -4.09. The van der Waals surface area contributed by atoms with Gasteiger partial charge in [0, 0.05) is 6.92 Å². The number of esters is 1. The molecule has 3 aromatic carbocycles. The quantitative estimate of drug-likeness (QED) is 0.211. The van der Waals surface area contributed by atoms with Crippen molar-refractivity contribution in [2.45, 2.75) is 18.7 Å². The first-order valence-electron chi connectivity index (χ1n) is 10.5. The van der Waals surface area contributed by atoms with E-state index in [4.69, 9.17) is 9.47 Å². The summed E-state index contributed by atoms with van der Waals surface area (Å²) >= 11 is 0. The molecular formula is C25H25N3O6S. The van der Waals surface area contributed by atoms with Crippen molar-refractivity contribution in [2.24, 2.45) is 5.10 Å². The molecule has 0 saturated carbocycles. The third kappa shape index (κ3) is 6.67. The molecule has 35 heavy (non-hydrogen) atoms. The Bertz CT molecular complexity index is 1320. The van der Waals surface area contributed by atoms with Gasteiger partial charge in [0.1, 0.15) is 18.0 Å². The maximum Gasteiger partial charge on any atom is 0.308 e. The van der Waals surface area contributed by atoms with Gasteiger partial charge in [-0.3, -0.25) is 13.9 Å². The lowest BCUT2D eigenvalue weighted by Crippen LogP contribution is -2.39. The van der Waals surface area contributed by atoms with Crippen LogP contribution in [0.2, 0.25) is 0 Å². The second kappa shape index (κ2) is 11.3. The maximum absolute atomic E-state index is 13.5. The summed E-state index contributed by atoms with van der Waals surface area (Å²) in [5.41, 5.74) is 4.02. The smallest absolute Gasteiger partial charge is 0.308 e. The lowest BCUT2D eigenvalue weighted by Gasteiger charge is -2.25. The average molecular weight is 496 g/mol. The number of benzene rings is 3. The molecule has 9 nitrogen and oxygen atoms in total. The number of hydrogen-bond acceptors (Lipinski definition) is 7. The number of hydrogen-bond donors (Lipinski definition) is 1. The Morgan fingerprint density at radius 1 is 1.03 bits per heavy atom. The third-order valence-corrected chi connectivity index (χ3v) is 6.54. The van der Waals surface area contributed by atoms with Crippen molar-refractivity contribution >= 4 is 33.8 Å². The molecule has 3 rings (SSSR count). The van der Waals surface area contributed by atoms with E-state index in [-0.39, 0.29) is 10.6 Å². The van der Waals surface area contributed by atoms with Crippen LogP contribution < -0.4 is 19.2 Å². The molecule has 0 aliphatic heterocycles. The van der Waals surface area contributed by atoms with Crippen LogP contribution >= 0.6 is 0 Å². The Morgan fingerprint density at radius 3 is 2.34 bits per heavy atom. The van der Waals surface area contributed by atoms with Crippen molar-refractivity contribution in [3.8, 4) is 11.5 Å². The highest BCUT2D eigenvalue weighted by Gasteiger charge is 2.29. The van der Waals surface area contributed by atoms with Gasteiger partial charge in [-0.2, -0.15) is 5.10 Å². The van der Waals surface area contributed by atoms with Crippen molar-refractivity contribution in [1.82, 2.24) is 5.43 Å². The van der Waals surface area contributed by atoms with E-state index in [0.29, 0.717) is 17.1 Å². The zero-order valence-corrected chi connectivity index (χ0v) is 20.3. The molecule has 0 unspecified atom stereocenters. The van der Waals surface area contributed by atoms with E-state index in [0.717, 1.165) is 9.87 Å². The normalized spacial score (nSPS) is 11.2. The van der Waals surface area contributed by atoms with Crippen LogP contribution in [0.5, 0.6) is 11.5 Å². The molecule has 0 atom stereocenters. The molecule has 0 saturated heterocycles. The lowest BCUT2D eigenvalue weighted by molar-refractivity contribution is -0.131. The summed E-state index contributed by atoms with van der Waals surface area (Å²) in [5, 5.41) is 3.91. The number of carbonyl (C=O) groups is 2. The minimum absolute atomic E-state index is 0.0349. The van der Waals surface area contributed by atoms with Gasteiger partial charge in [0.25, 0.3) is 15.9 Å². The number of nitrogens with zero attached hydrogens (tertiary/aromatic N) is 2. The SMILES string of the molecule is COc1ccc(C)cc1N(CC(=O)N/N=C\c1ccc(OC(C)=O)cc1)S(=O)(=O)c1ccccc1. The number of methoxy groups -OCH3 is 1. The Balaban J connectivity index is 1.83. The van der Waals surface area contributed by atoms with Crippen LogP contribution in [0.3, 0.4) is 0 Å². The maximum atomic E-state index is 13.5. The number of hydrazone groups is 1. The van der Waals surface area contributed by atoms with Gasteiger partial charge in [0.05, 0.1) is 23.9 Å². The Morgan fingerprint density at radius 2 is 1.71 bits per heavy atom. The molecule has 1 amide bonds. The predicted octanol–water partition coefficient (Wildman–Crippen LogP) is 3.27. The molecule has 0 radical (unpaired) electrons. The van der Waals surface area contributed by atoms with E-state index in [2.05, 4.69) is 10.5 Å². The molecule has 0 bridgehead atoms. The number of nitrogens with one attached hydrogen (secondary N) is 1.